The van der Waals surface area contributed by atoms with Gasteiger partial charge in [0.25, 0.3) is 0 Å². The van der Waals surface area contributed by atoms with E-state index in [-0.39, 0.29) is 6.10 Å². The Morgan fingerprint density at radius 3 is 2.67 bits per heavy atom. The Labute approximate surface area is 91.3 Å². The molecule has 1 aromatic rings. The second-order valence-electron chi connectivity index (χ2n) is 4.37. The molecule has 2 nitrogen and oxygen atoms in total. The van der Waals surface area contributed by atoms with E-state index >= 15 is 0 Å². The summed E-state index contributed by atoms with van der Waals surface area (Å²) in [5.74, 6) is 0.466. The smallest absolute Gasteiger partial charge is 0.0580 e. The molecule has 0 heterocycles. The Morgan fingerprint density at radius 2 is 2.00 bits per heavy atom. The van der Waals surface area contributed by atoms with Gasteiger partial charge in [0, 0.05) is 13.1 Å². The van der Waals surface area contributed by atoms with Crippen molar-refractivity contribution in [3.63, 3.8) is 0 Å². The highest BCUT2D eigenvalue weighted by molar-refractivity contribution is 5.14. The van der Waals surface area contributed by atoms with Crippen molar-refractivity contribution in [1.29, 1.82) is 0 Å². The minimum atomic E-state index is -0.0757. The summed E-state index contributed by atoms with van der Waals surface area (Å²) in [6, 6.07) is 10.4. The second-order valence-corrected chi connectivity index (χ2v) is 4.37. The molecule has 2 rings (SSSR count). The van der Waals surface area contributed by atoms with Gasteiger partial charge in [-0.2, -0.15) is 0 Å². The number of aliphatic hydroxyl groups is 1. The van der Waals surface area contributed by atoms with Gasteiger partial charge in [-0.25, -0.2) is 0 Å². The van der Waals surface area contributed by atoms with Gasteiger partial charge in [-0.1, -0.05) is 36.8 Å². The van der Waals surface area contributed by atoms with Crippen LogP contribution in [0.25, 0.3) is 0 Å². The molecule has 0 spiro atoms. The van der Waals surface area contributed by atoms with E-state index in [9.17, 15) is 5.11 Å². The predicted octanol–water partition coefficient (Wildman–Crippen LogP) is 1.94. The molecule has 1 fully saturated rings. The number of aliphatic hydroxyl groups excluding tert-OH is 1. The molecule has 0 bridgehead atoms. The Hall–Kier alpha value is -0.860. The van der Waals surface area contributed by atoms with Crippen molar-refractivity contribution in [2.45, 2.75) is 31.9 Å². The molecule has 0 unspecified atom stereocenters. The van der Waals surface area contributed by atoms with Crippen LogP contribution in [0.3, 0.4) is 0 Å². The van der Waals surface area contributed by atoms with Gasteiger partial charge in [0.2, 0.25) is 0 Å². The average molecular weight is 205 g/mol. The van der Waals surface area contributed by atoms with Gasteiger partial charge < -0.3 is 10.4 Å². The lowest BCUT2D eigenvalue weighted by Gasteiger charge is -2.14. The minimum absolute atomic E-state index is 0.0757. The Bertz CT molecular complexity index is 286. The third-order valence-corrected chi connectivity index (χ3v) is 3.20. The molecule has 1 aromatic carbocycles. The molecule has 1 saturated carbocycles. The van der Waals surface area contributed by atoms with Crippen LogP contribution in [0.15, 0.2) is 30.3 Å². The lowest BCUT2D eigenvalue weighted by atomic mass is 10.1. The first-order valence-electron chi connectivity index (χ1n) is 5.79. The molecule has 82 valence electrons. The van der Waals surface area contributed by atoms with Gasteiger partial charge in [0.15, 0.2) is 0 Å². The summed E-state index contributed by atoms with van der Waals surface area (Å²) in [4.78, 5) is 0. The first kappa shape index (κ1) is 10.7. The lowest BCUT2D eigenvalue weighted by Crippen LogP contribution is -2.27. The van der Waals surface area contributed by atoms with Gasteiger partial charge in [-0.15, -0.1) is 0 Å². The number of rotatable bonds is 4. The molecule has 15 heavy (non-hydrogen) atoms. The van der Waals surface area contributed by atoms with E-state index in [0.717, 1.165) is 19.5 Å². The van der Waals surface area contributed by atoms with Gasteiger partial charge in [0.05, 0.1) is 6.10 Å². The monoisotopic (exact) mass is 205 g/mol. The zero-order chi connectivity index (χ0) is 10.5. The maximum atomic E-state index is 9.65. The third-order valence-electron chi connectivity index (χ3n) is 3.20. The quantitative estimate of drug-likeness (QED) is 0.787. The summed E-state index contributed by atoms with van der Waals surface area (Å²) in [7, 11) is 0. The first-order chi connectivity index (χ1) is 7.36. The van der Waals surface area contributed by atoms with E-state index in [4.69, 9.17) is 0 Å². The van der Waals surface area contributed by atoms with E-state index in [2.05, 4.69) is 29.6 Å². The number of benzene rings is 1. The zero-order valence-electron chi connectivity index (χ0n) is 9.02. The number of hydrogen-bond donors (Lipinski definition) is 2. The summed E-state index contributed by atoms with van der Waals surface area (Å²) < 4.78 is 0. The topological polar surface area (TPSA) is 32.3 Å². The summed E-state index contributed by atoms with van der Waals surface area (Å²) in [6.45, 7) is 1.85. The van der Waals surface area contributed by atoms with Crippen molar-refractivity contribution in [2.75, 3.05) is 6.54 Å². The van der Waals surface area contributed by atoms with Crippen molar-refractivity contribution in [1.82, 2.24) is 5.32 Å². The number of hydrogen-bond acceptors (Lipinski definition) is 2. The first-order valence-corrected chi connectivity index (χ1v) is 5.79. The average Bonchev–Trinajstić information content (AvgIpc) is 2.66. The van der Waals surface area contributed by atoms with Crippen LogP contribution in [0.4, 0.5) is 0 Å². The van der Waals surface area contributed by atoms with Crippen LogP contribution >= 0.6 is 0 Å². The van der Waals surface area contributed by atoms with Crippen LogP contribution in [-0.2, 0) is 6.54 Å². The lowest BCUT2D eigenvalue weighted by molar-refractivity contribution is 0.131. The van der Waals surface area contributed by atoms with Gasteiger partial charge in [-0.3, -0.25) is 0 Å². The second kappa shape index (κ2) is 5.29. The summed E-state index contributed by atoms with van der Waals surface area (Å²) >= 11 is 0. The summed E-state index contributed by atoms with van der Waals surface area (Å²) in [5, 5.41) is 13.1. The van der Waals surface area contributed by atoms with Crippen LogP contribution in [-0.4, -0.2) is 17.8 Å². The van der Waals surface area contributed by atoms with Gasteiger partial charge in [0.1, 0.15) is 0 Å². The van der Waals surface area contributed by atoms with Crippen LogP contribution < -0.4 is 5.32 Å². The molecule has 2 N–H and O–H groups in total. The van der Waals surface area contributed by atoms with Gasteiger partial charge >= 0.3 is 0 Å². The SMILES string of the molecule is O[C@H]1CCC[C@H]1CNCc1ccccc1. The zero-order valence-corrected chi connectivity index (χ0v) is 9.02. The van der Waals surface area contributed by atoms with E-state index in [1.807, 2.05) is 6.07 Å². The third kappa shape index (κ3) is 3.05. The van der Waals surface area contributed by atoms with Crippen LogP contribution in [0.5, 0.6) is 0 Å². The van der Waals surface area contributed by atoms with Crippen LogP contribution in [0.2, 0.25) is 0 Å². The molecule has 0 saturated heterocycles. The Balaban J connectivity index is 1.71. The number of nitrogens with one attached hydrogen (secondary N) is 1. The highest BCUT2D eigenvalue weighted by Gasteiger charge is 2.24. The van der Waals surface area contributed by atoms with Crippen molar-refractivity contribution >= 4 is 0 Å². The highest BCUT2D eigenvalue weighted by atomic mass is 16.3. The maximum Gasteiger partial charge on any atom is 0.0580 e. The standard InChI is InChI=1S/C13H19NO/c15-13-8-4-7-12(13)10-14-9-11-5-2-1-3-6-11/h1-3,5-6,12-15H,4,7-10H2/t12-,13-/m0/s1. The van der Waals surface area contributed by atoms with E-state index in [1.165, 1.54) is 18.4 Å². The molecule has 0 aliphatic heterocycles. The van der Waals surface area contributed by atoms with Crippen molar-refractivity contribution in [3.05, 3.63) is 35.9 Å². The Morgan fingerprint density at radius 1 is 1.20 bits per heavy atom. The summed E-state index contributed by atoms with van der Waals surface area (Å²) in [5.41, 5.74) is 1.31. The molecule has 0 aromatic heterocycles. The Kier molecular flexibility index (Phi) is 3.75. The normalized spacial score (nSPS) is 25.7. The van der Waals surface area contributed by atoms with E-state index in [0.29, 0.717) is 5.92 Å². The van der Waals surface area contributed by atoms with E-state index < -0.39 is 0 Å². The van der Waals surface area contributed by atoms with Crippen molar-refractivity contribution in [2.24, 2.45) is 5.92 Å². The van der Waals surface area contributed by atoms with E-state index in [1.54, 1.807) is 0 Å². The molecule has 1 aliphatic carbocycles. The summed E-state index contributed by atoms with van der Waals surface area (Å²) in [6.07, 6.45) is 3.26. The molecular formula is C13H19NO. The van der Waals surface area contributed by atoms with Crippen LogP contribution in [0.1, 0.15) is 24.8 Å². The highest BCUT2D eigenvalue weighted by Crippen LogP contribution is 2.24. The van der Waals surface area contributed by atoms with Crippen LogP contribution in [0, 0.1) is 5.92 Å². The maximum absolute atomic E-state index is 9.65. The molecule has 1 aliphatic rings. The van der Waals surface area contributed by atoms with Crippen molar-refractivity contribution < 1.29 is 5.11 Å². The molecule has 2 heteroatoms. The minimum Gasteiger partial charge on any atom is -0.393 e. The van der Waals surface area contributed by atoms with Crippen molar-refractivity contribution in [3.8, 4) is 0 Å². The fraction of sp³-hybridized carbons (Fsp3) is 0.538. The predicted molar refractivity (Wildman–Crippen MR) is 61.5 cm³/mol. The van der Waals surface area contributed by atoms with Gasteiger partial charge in [-0.05, 0) is 24.3 Å². The molecule has 0 amide bonds. The largest absolute Gasteiger partial charge is 0.393 e. The fourth-order valence-electron chi connectivity index (χ4n) is 2.25. The molecular weight excluding hydrogens is 186 g/mol. The fourth-order valence-corrected chi connectivity index (χ4v) is 2.25. The molecule has 0 radical (unpaired) electrons. The molecule has 2 atom stereocenters.